The van der Waals surface area contributed by atoms with E-state index in [0.29, 0.717) is 11.8 Å². The lowest BCUT2D eigenvalue weighted by atomic mass is 9.98. The number of hydrogen-bond acceptors (Lipinski definition) is 3. The van der Waals surface area contributed by atoms with Crippen molar-refractivity contribution in [2.24, 2.45) is 17.6 Å². The van der Waals surface area contributed by atoms with Crippen molar-refractivity contribution in [3.05, 3.63) is 23.3 Å². The second-order valence-electron chi connectivity index (χ2n) is 6.14. The number of benzene rings is 1. The summed E-state index contributed by atoms with van der Waals surface area (Å²) in [5, 5.41) is 0. The average Bonchev–Trinajstić information content (AvgIpc) is 3.33. The first-order valence-electron chi connectivity index (χ1n) is 7.48. The summed E-state index contributed by atoms with van der Waals surface area (Å²) < 4.78 is 11.8. The van der Waals surface area contributed by atoms with Crippen molar-refractivity contribution in [2.75, 3.05) is 19.8 Å². The maximum absolute atomic E-state index is 6.08. The maximum atomic E-state index is 6.08. The van der Waals surface area contributed by atoms with Crippen molar-refractivity contribution in [1.29, 1.82) is 0 Å². The zero-order valence-corrected chi connectivity index (χ0v) is 11.2. The molecule has 1 aromatic carbocycles. The summed E-state index contributed by atoms with van der Waals surface area (Å²) in [7, 11) is 0. The smallest absolute Gasteiger partial charge is 0.123 e. The number of nitrogens with two attached hydrogens (primary N) is 1. The quantitative estimate of drug-likeness (QED) is 0.883. The van der Waals surface area contributed by atoms with E-state index in [9.17, 15) is 0 Å². The van der Waals surface area contributed by atoms with E-state index < -0.39 is 0 Å². The van der Waals surface area contributed by atoms with Crippen LogP contribution in [0, 0.1) is 11.8 Å². The van der Waals surface area contributed by atoms with Gasteiger partial charge in [-0.2, -0.15) is 0 Å². The Morgan fingerprint density at radius 2 is 2.21 bits per heavy atom. The van der Waals surface area contributed by atoms with Gasteiger partial charge in [0, 0.05) is 17.5 Å². The third kappa shape index (κ3) is 2.10. The third-order valence-corrected chi connectivity index (χ3v) is 4.65. The Morgan fingerprint density at radius 3 is 2.95 bits per heavy atom. The molecule has 0 spiro atoms. The van der Waals surface area contributed by atoms with Gasteiger partial charge in [-0.05, 0) is 55.7 Å². The first kappa shape index (κ1) is 11.6. The van der Waals surface area contributed by atoms with Crippen LogP contribution >= 0.6 is 0 Å². The van der Waals surface area contributed by atoms with Gasteiger partial charge in [-0.15, -0.1) is 0 Å². The molecule has 0 saturated heterocycles. The average molecular weight is 259 g/mol. The van der Waals surface area contributed by atoms with E-state index in [1.54, 1.807) is 0 Å². The maximum Gasteiger partial charge on any atom is 0.123 e. The Bertz CT molecular complexity index is 496. The van der Waals surface area contributed by atoms with Gasteiger partial charge in [0.25, 0.3) is 0 Å². The number of fused-ring (bicyclic) bond motifs is 1. The lowest BCUT2D eigenvalue weighted by molar-refractivity contribution is 0.296. The van der Waals surface area contributed by atoms with E-state index in [0.717, 1.165) is 43.6 Å². The highest BCUT2D eigenvalue weighted by molar-refractivity contribution is 5.54. The molecule has 1 aliphatic heterocycles. The first-order valence-corrected chi connectivity index (χ1v) is 7.48. The highest BCUT2D eigenvalue weighted by Gasteiger charge is 2.41. The van der Waals surface area contributed by atoms with Crippen LogP contribution in [0.1, 0.15) is 36.3 Å². The van der Waals surface area contributed by atoms with Crippen LogP contribution in [-0.4, -0.2) is 19.8 Å². The van der Waals surface area contributed by atoms with Gasteiger partial charge >= 0.3 is 0 Å². The second-order valence-corrected chi connectivity index (χ2v) is 6.14. The summed E-state index contributed by atoms with van der Waals surface area (Å²) in [5.74, 6) is 4.21. The fourth-order valence-electron chi connectivity index (χ4n) is 3.17. The minimum absolute atomic E-state index is 0.607. The highest BCUT2D eigenvalue weighted by atomic mass is 16.5. The van der Waals surface area contributed by atoms with Gasteiger partial charge in [-0.3, -0.25) is 0 Å². The van der Waals surface area contributed by atoms with Crippen LogP contribution in [0.15, 0.2) is 12.1 Å². The third-order valence-electron chi connectivity index (χ3n) is 4.65. The first-order chi connectivity index (χ1) is 9.36. The number of ether oxygens (including phenoxy) is 2. The molecule has 2 fully saturated rings. The van der Waals surface area contributed by atoms with Gasteiger partial charge in [0.15, 0.2) is 0 Å². The summed E-state index contributed by atoms with van der Waals surface area (Å²) in [6.07, 6.45) is 4.91. The molecule has 1 heterocycles. The minimum Gasteiger partial charge on any atom is -0.493 e. The van der Waals surface area contributed by atoms with Gasteiger partial charge in [0.05, 0.1) is 13.2 Å². The molecule has 3 heteroatoms. The van der Waals surface area contributed by atoms with Gasteiger partial charge in [0.2, 0.25) is 0 Å². The summed E-state index contributed by atoms with van der Waals surface area (Å²) >= 11 is 0. The molecule has 2 saturated carbocycles. The molecule has 0 aromatic heterocycles. The van der Waals surface area contributed by atoms with Gasteiger partial charge in [-0.1, -0.05) is 0 Å². The molecule has 4 rings (SSSR count). The van der Waals surface area contributed by atoms with Crippen molar-refractivity contribution in [3.63, 3.8) is 0 Å². The van der Waals surface area contributed by atoms with E-state index in [1.165, 1.54) is 30.4 Å². The predicted molar refractivity (Wildman–Crippen MR) is 73.8 cm³/mol. The van der Waals surface area contributed by atoms with Gasteiger partial charge in [0.1, 0.15) is 11.5 Å². The topological polar surface area (TPSA) is 44.5 Å². The molecule has 102 valence electrons. The summed E-state index contributed by atoms with van der Waals surface area (Å²) in [4.78, 5) is 0. The van der Waals surface area contributed by atoms with Crippen LogP contribution in [-0.2, 0) is 6.42 Å². The summed E-state index contributed by atoms with van der Waals surface area (Å²) in [5.41, 5.74) is 8.61. The molecule has 2 aliphatic carbocycles. The van der Waals surface area contributed by atoms with Crippen molar-refractivity contribution < 1.29 is 9.47 Å². The molecule has 0 unspecified atom stereocenters. The highest BCUT2D eigenvalue weighted by Crippen LogP contribution is 2.53. The van der Waals surface area contributed by atoms with E-state index in [4.69, 9.17) is 15.2 Å². The Hall–Kier alpha value is -1.22. The molecule has 1 aromatic rings. The number of hydrogen-bond donors (Lipinski definition) is 1. The molecule has 3 nitrogen and oxygen atoms in total. The summed E-state index contributed by atoms with van der Waals surface area (Å²) in [6, 6.07) is 4.18. The van der Waals surface area contributed by atoms with Crippen molar-refractivity contribution >= 4 is 0 Å². The fraction of sp³-hybridized carbons (Fsp3) is 0.625. The molecular formula is C16H21NO2. The van der Waals surface area contributed by atoms with Gasteiger partial charge in [-0.25, -0.2) is 0 Å². The monoisotopic (exact) mass is 259 g/mol. The Morgan fingerprint density at radius 1 is 1.32 bits per heavy atom. The molecule has 0 bridgehead atoms. The zero-order chi connectivity index (χ0) is 12.8. The van der Waals surface area contributed by atoms with Crippen LogP contribution in [0.5, 0.6) is 11.5 Å². The minimum atomic E-state index is 0.607. The lowest BCUT2D eigenvalue weighted by Gasteiger charge is -2.14. The zero-order valence-electron chi connectivity index (χ0n) is 11.2. The Balaban J connectivity index is 1.64. The molecule has 0 radical (unpaired) electrons. The standard InChI is InChI=1S/C16H21NO2/c17-8-11-7-13(11)16-12-5-6-18-14(12)3-4-15(16)19-9-10-1-2-10/h3-4,10-11,13H,1-2,5-9,17H2/t11-,13+/m1/s1. The van der Waals surface area contributed by atoms with E-state index in [2.05, 4.69) is 12.1 Å². The Labute approximate surface area is 114 Å². The predicted octanol–water partition coefficient (Wildman–Crippen LogP) is 2.47. The van der Waals surface area contributed by atoms with Crippen LogP contribution in [0.2, 0.25) is 0 Å². The molecule has 2 atom stereocenters. The van der Waals surface area contributed by atoms with Crippen LogP contribution in [0.25, 0.3) is 0 Å². The largest absolute Gasteiger partial charge is 0.493 e. The molecule has 0 amide bonds. The molecule has 19 heavy (non-hydrogen) atoms. The Kier molecular flexibility index (Phi) is 2.69. The van der Waals surface area contributed by atoms with E-state index in [1.807, 2.05) is 0 Å². The number of rotatable bonds is 5. The van der Waals surface area contributed by atoms with Crippen molar-refractivity contribution in [1.82, 2.24) is 0 Å². The molecular weight excluding hydrogens is 238 g/mol. The summed E-state index contributed by atoms with van der Waals surface area (Å²) in [6.45, 7) is 2.48. The van der Waals surface area contributed by atoms with E-state index in [-0.39, 0.29) is 0 Å². The van der Waals surface area contributed by atoms with E-state index >= 15 is 0 Å². The van der Waals surface area contributed by atoms with Crippen LogP contribution < -0.4 is 15.2 Å². The van der Waals surface area contributed by atoms with Crippen LogP contribution in [0.4, 0.5) is 0 Å². The fourth-order valence-corrected chi connectivity index (χ4v) is 3.17. The van der Waals surface area contributed by atoms with Gasteiger partial charge < -0.3 is 15.2 Å². The second kappa shape index (κ2) is 4.41. The van der Waals surface area contributed by atoms with Crippen molar-refractivity contribution in [2.45, 2.75) is 31.6 Å². The van der Waals surface area contributed by atoms with Crippen LogP contribution in [0.3, 0.4) is 0 Å². The SMILES string of the molecule is NC[C@H]1C[C@@H]1c1c(OCC2CC2)ccc2c1CCO2. The molecule has 2 N–H and O–H groups in total. The molecule has 3 aliphatic rings. The van der Waals surface area contributed by atoms with Crippen molar-refractivity contribution in [3.8, 4) is 11.5 Å². The normalized spacial score (nSPS) is 27.8. The lowest BCUT2D eigenvalue weighted by Crippen LogP contribution is -2.06.